The van der Waals surface area contributed by atoms with Crippen molar-refractivity contribution in [1.29, 1.82) is 0 Å². The maximum Gasteiger partial charge on any atom is 0.488 e. The molecule has 1 aromatic heterocycles. The lowest BCUT2D eigenvalue weighted by molar-refractivity contribution is 0.292. The molecule has 0 aliphatic carbocycles. The van der Waals surface area contributed by atoms with Crippen molar-refractivity contribution >= 4 is 26.5 Å². The molecule has 3 aromatic rings. The Bertz CT molecular complexity index is 1350. The van der Waals surface area contributed by atoms with Crippen molar-refractivity contribution in [2.24, 2.45) is 0 Å². The topological polar surface area (TPSA) is 129 Å². The fourth-order valence-electron chi connectivity index (χ4n) is 2.53. The molecule has 0 aliphatic rings. The molecule has 0 aliphatic heterocycles. The van der Waals surface area contributed by atoms with E-state index in [-0.39, 0.29) is 28.7 Å². The zero-order chi connectivity index (χ0) is 23.7. The molecule has 0 saturated carbocycles. The molecule has 0 unspecified atom stereocenters. The molecular formula is C17H15F3N4O6S2. The number of anilines is 1. The Balaban J connectivity index is 1.76. The smallest absolute Gasteiger partial charge is 0.488 e. The van der Waals surface area contributed by atoms with Crippen LogP contribution < -0.4 is 13.6 Å². The van der Waals surface area contributed by atoms with E-state index >= 15 is 0 Å². The number of aromatic nitrogens is 3. The highest BCUT2D eigenvalue weighted by molar-refractivity contribution is 7.92. The van der Waals surface area contributed by atoms with Crippen molar-refractivity contribution < 1.29 is 38.4 Å². The van der Waals surface area contributed by atoms with Crippen molar-refractivity contribution in [3.63, 3.8) is 0 Å². The first-order valence-corrected chi connectivity index (χ1v) is 11.8. The van der Waals surface area contributed by atoms with Gasteiger partial charge in [-0.2, -0.15) is 13.4 Å². The van der Waals surface area contributed by atoms with Crippen LogP contribution in [0.15, 0.2) is 36.7 Å². The van der Waals surface area contributed by atoms with Gasteiger partial charge in [-0.25, -0.2) is 21.9 Å². The van der Waals surface area contributed by atoms with E-state index in [9.17, 15) is 29.5 Å². The standard InChI is InChI=1S/C17H15F3N4O6S2/c1-10-5-12(3-4-16(10)30-32(20,27)28)29-8-13-14(18)6-11(7-15(13)19)24-9-21-17(22-24)23-31(2,25)26/h3-7,9H,8H2,1-2H3,(H,22,23). The van der Waals surface area contributed by atoms with Gasteiger partial charge in [-0.05, 0) is 30.7 Å². The van der Waals surface area contributed by atoms with E-state index < -0.39 is 44.3 Å². The number of rotatable bonds is 8. The van der Waals surface area contributed by atoms with E-state index in [0.717, 1.165) is 35.5 Å². The molecule has 0 spiro atoms. The Labute approximate surface area is 181 Å². The summed E-state index contributed by atoms with van der Waals surface area (Å²) in [6, 6.07) is 5.58. The van der Waals surface area contributed by atoms with Crippen LogP contribution in [-0.4, -0.2) is 37.9 Å². The summed E-state index contributed by atoms with van der Waals surface area (Å²) in [6.07, 6.45) is 1.97. The second kappa shape index (κ2) is 8.66. The number of sulfonamides is 1. The van der Waals surface area contributed by atoms with Gasteiger partial charge >= 0.3 is 10.5 Å². The maximum atomic E-state index is 14.5. The lowest BCUT2D eigenvalue weighted by Gasteiger charge is -2.11. The molecule has 0 atom stereocenters. The van der Waals surface area contributed by atoms with Gasteiger partial charge in [0.25, 0.3) is 5.95 Å². The Morgan fingerprint density at radius 1 is 1.09 bits per heavy atom. The Morgan fingerprint density at radius 3 is 2.31 bits per heavy atom. The fourth-order valence-corrected chi connectivity index (χ4v) is 3.35. The summed E-state index contributed by atoms with van der Waals surface area (Å²) in [4.78, 5) is 3.69. The van der Waals surface area contributed by atoms with Gasteiger partial charge in [-0.15, -0.1) is 5.10 Å². The van der Waals surface area contributed by atoms with Crippen molar-refractivity contribution in [2.45, 2.75) is 13.5 Å². The highest BCUT2D eigenvalue weighted by atomic mass is 32.3. The molecule has 3 rings (SSSR count). The second-order valence-corrected chi connectivity index (χ2v) is 9.17. The zero-order valence-electron chi connectivity index (χ0n) is 16.4. The number of halogens is 3. The summed E-state index contributed by atoms with van der Waals surface area (Å²) in [5, 5.41) is 3.78. The third-order valence-electron chi connectivity index (χ3n) is 3.88. The maximum absolute atomic E-state index is 14.5. The number of hydrogen-bond donors (Lipinski definition) is 1. The number of ether oxygens (including phenoxy) is 1. The molecule has 32 heavy (non-hydrogen) atoms. The Hall–Kier alpha value is -3.33. The monoisotopic (exact) mass is 492 g/mol. The summed E-state index contributed by atoms with van der Waals surface area (Å²) in [7, 11) is -8.83. The van der Waals surface area contributed by atoms with Gasteiger partial charge in [0.15, 0.2) is 0 Å². The molecule has 15 heteroatoms. The van der Waals surface area contributed by atoms with E-state index in [0.29, 0.717) is 0 Å². The Morgan fingerprint density at radius 2 is 1.75 bits per heavy atom. The summed E-state index contributed by atoms with van der Waals surface area (Å²) in [5.41, 5.74) is -0.250. The third-order valence-corrected chi connectivity index (χ3v) is 4.81. The highest BCUT2D eigenvalue weighted by Crippen LogP contribution is 2.26. The number of aryl methyl sites for hydroxylation is 1. The van der Waals surface area contributed by atoms with Gasteiger partial charge in [-0.3, -0.25) is 4.72 Å². The van der Waals surface area contributed by atoms with Crippen LogP contribution in [0.25, 0.3) is 5.69 Å². The molecule has 0 amide bonds. The zero-order valence-corrected chi connectivity index (χ0v) is 18.0. The average molecular weight is 492 g/mol. The van der Waals surface area contributed by atoms with Crippen LogP contribution in [-0.2, 0) is 27.1 Å². The van der Waals surface area contributed by atoms with E-state index in [2.05, 4.69) is 14.3 Å². The molecule has 0 bridgehead atoms. The largest absolute Gasteiger partial charge is 0.489 e. The Kier molecular flexibility index (Phi) is 6.32. The predicted octanol–water partition coefficient (Wildman–Crippen LogP) is 2.40. The van der Waals surface area contributed by atoms with Crippen LogP contribution >= 0.6 is 0 Å². The molecule has 172 valence electrons. The normalized spacial score (nSPS) is 11.9. The van der Waals surface area contributed by atoms with E-state index in [1.54, 1.807) is 0 Å². The molecule has 0 radical (unpaired) electrons. The van der Waals surface area contributed by atoms with Gasteiger partial charge in [-0.1, -0.05) is 3.89 Å². The lowest BCUT2D eigenvalue weighted by Crippen LogP contribution is -2.11. The van der Waals surface area contributed by atoms with Gasteiger partial charge in [0.1, 0.15) is 36.1 Å². The van der Waals surface area contributed by atoms with Crippen LogP contribution in [0.4, 0.5) is 18.6 Å². The van der Waals surface area contributed by atoms with Crippen molar-refractivity contribution in [3.8, 4) is 17.2 Å². The lowest BCUT2D eigenvalue weighted by atomic mass is 10.2. The molecule has 2 aromatic carbocycles. The number of benzene rings is 2. The van der Waals surface area contributed by atoms with Gasteiger partial charge in [0.2, 0.25) is 10.0 Å². The molecule has 1 N–H and O–H groups in total. The van der Waals surface area contributed by atoms with Gasteiger partial charge < -0.3 is 8.92 Å². The molecule has 1 heterocycles. The quantitative estimate of drug-likeness (QED) is 0.475. The van der Waals surface area contributed by atoms with E-state index in [4.69, 9.17) is 4.74 Å². The van der Waals surface area contributed by atoms with Crippen LogP contribution in [0.3, 0.4) is 0 Å². The highest BCUT2D eigenvalue weighted by Gasteiger charge is 2.16. The fraction of sp³-hybridized carbons (Fsp3) is 0.176. The summed E-state index contributed by atoms with van der Waals surface area (Å²) in [6.45, 7) is 0.908. The number of nitrogens with one attached hydrogen (secondary N) is 1. The predicted molar refractivity (Wildman–Crippen MR) is 106 cm³/mol. The molecule has 10 nitrogen and oxygen atoms in total. The van der Waals surface area contributed by atoms with Crippen LogP contribution in [0.5, 0.6) is 11.5 Å². The first-order chi connectivity index (χ1) is 14.8. The van der Waals surface area contributed by atoms with Crippen molar-refractivity contribution in [2.75, 3.05) is 11.0 Å². The molecule has 0 fully saturated rings. The minimum absolute atomic E-state index is 0.0532. The summed E-state index contributed by atoms with van der Waals surface area (Å²) < 4.78 is 97.7. The van der Waals surface area contributed by atoms with Crippen LogP contribution in [0.1, 0.15) is 11.1 Å². The van der Waals surface area contributed by atoms with Crippen LogP contribution in [0.2, 0.25) is 0 Å². The van der Waals surface area contributed by atoms with E-state index in [1.807, 2.05) is 4.72 Å². The second-order valence-electron chi connectivity index (χ2n) is 6.47. The SMILES string of the molecule is Cc1cc(OCc2c(F)cc(-n3cnc(NS(C)(=O)=O)n3)cc2F)ccc1OS(=O)(=O)F. The summed E-state index contributed by atoms with van der Waals surface area (Å²) in [5.74, 6) is -2.34. The van der Waals surface area contributed by atoms with Gasteiger partial charge in [0, 0.05) is 12.1 Å². The van der Waals surface area contributed by atoms with Crippen molar-refractivity contribution in [3.05, 3.63) is 59.4 Å². The molecule has 0 saturated heterocycles. The van der Waals surface area contributed by atoms with Crippen molar-refractivity contribution in [1.82, 2.24) is 14.8 Å². The molecular weight excluding hydrogens is 477 g/mol. The first kappa shape index (κ1) is 23.3. The summed E-state index contributed by atoms with van der Waals surface area (Å²) >= 11 is 0. The minimum Gasteiger partial charge on any atom is -0.489 e. The number of nitrogens with zero attached hydrogens (tertiary/aromatic N) is 3. The third kappa shape index (κ3) is 6.10. The average Bonchev–Trinajstić information content (AvgIpc) is 3.08. The first-order valence-electron chi connectivity index (χ1n) is 8.56. The minimum atomic E-state index is -5.20. The van der Waals surface area contributed by atoms with Crippen LogP contribution in [0, 0.1) is 18.6 Å². The van der Waals surface area contributed by atoms with Gasteiger partial charge in [0.05, 0.1) is 17.5 Å². The number of hydrogen-bond acceptors (Lipinski definition) is 8. The van der Waals surface area contributed by atoms with E-state index in [1.165, 1.54) is 19.1 Å².